The van der Waals surface area contributed by atoms with Gasteiger partial charge in [0.1, 0.15) is 0 Å². The number of aromatic nitrogens is 4. The molecule has 0 amide bonds. The van der Waals surface area contributed by atoms with Gasteiger partial charge in [0.25, 0.3) is 0 Å². The average molecular weight is 1030 g/mol. The maximum atomic E-state index is 5.46. The second kappa shape index (κ2) is 19.9. The predicted octanol–water partition coefficient (Wildman–Crippen LogP) is 15.0. The van der Waals surface area contributed by atoms with Gasteiger partial charge < -0.3 is 0 Å². The molecule has 5 heteroatoms. The topological polar surface area (TPSA) is 43.6 Å². The van der Waals surface area contributed by atoms with Crippen LogP contribution in [-0.4, -0.2) is 32.8 Å². The van der Waals surface area contributed by atoms with E-state index in [1.165, 1.54) is 50.6 Å². The zero-order chi connectivity index (χ0) is 51.0. The number of hydrogen-bond donors (Lipinski definition) is 0. The van der Waals surface area contributed by atoms with E-state index in [0.717, 1.165) is 55.7 Å². The molecule has 76 heavy (non-hydrogen) atoms. The van der Waals surface area contributed by atoms with Crippen molar-refractivity contribution >= 4 is 52.7 Å². The van der Waals surface area contributed by atoms with E-state index in [-0.39, 0.29) is 0 Å². The van der Waals surface area contributed by atoms with Crippen LogP contribution in [0, 0.1) is 13.8 Å². The third kappa shape index (κ3) is 8.53. The Morgan fingerprint density at radius 2 is 0.632 bits per heavy atom. The summed E-state index contributed by atoms with van der Waals surface area (Å²) in [5.74, 6) is 1.81. The van der Waals surface area contributed by atoms with Crippen LogP contribution in [0.3, 0.4) is 0 Å². The van der Waals surface area contributed by atoms with E-state index in [1.54, 1.807) is 0 Å². The van der Waals surface area contributed by atoms with Crippen molar-refractivity contribution in [3.8, 4) is 73.2 Å². The molecular formula is C71H52GeN4. The Morgan fingerprint density at radius 3 is 1.09 bits per heavy atom. The molecule has 0 aliphatic carbocycles. The van der Waals surface area contributed by atoms with Gasteiger partial charge in [-0.25, -0.2) is 0 Å². The van der Waals surface area contributed by atoms with Gasteiger partial charge in [0.05, 0.1) is 0 Å². The van der Waals surface area contributed by atoms with Gasteiger partial charge in [-0.3, -0.25) is 0 Å². The van der Waals surface area contributed by atoms with E-state index in [4.69, 9.17) is 15.0 Å². The maximum Gasteiger partial charge on any atom is -0.0514 e. The molecule has 0 atom stereocenters. The third-order valence-electron chi connectivity index (χ3n) is 14.9. The van der Waals surface area contributed by atoms with Gasteiger partial charge in [-0.2, -0.15) is 0 Å². The summed E-state index contributed by atoms with van der Waals surface area (Å²) in [6.45, 7) is 4.32. The summed E-state index contributed by atoms with van der Waals surface area (Å²) >= 11 is -3.64. The van der Waals surface area contributed by atoms with Crippen LogP contribution in [0.5, 0.6) is 0 Å². The summed E-state index contributed by atoms with van der Waals surface area (Å²) in [5, 5.41) is 2.34. The van der Waals surface area contributed by atoms with Crippen molar-refractivity contribution in [3.05, 3.63) is 290 Å². The van der Waals surface area contributed by atoms with E-state index in [9.17, 15) is 0 Å². The molecule has 11 aromatic carbocycles. The molecule has 2 aromatic heterocycles. The summed E-state index contributed by atoms with van der Waals surface area (Å²) < 4.78 is 7.93. The van der Waals surface area contributed by atoms with Gasteiger partial charge in [-0.15, -0.1) is 0 Å². The van der Waals surface area contributed by atoms with E-state index < -0.39 is 13.3 Å². The zero-order valence-corrected chi connectivity index (χ0v) is 44.4. The minimum Gasteiger partial charge on any atom is -0.0514 e. The molecule has 0 fully saturated rings. The molecule has 13 rings (SSSR count). The first-order chi connectivity index (χ1) is 37.5. The normalized spacial score (nSPS) is 11.6. The number of aryl methyl sites for hydroxylation is 2. The second-order valence-electron chi connectivity index (χ2n) is 19.7. The summed E-state index contributed by atoms with van der Waals surface area (Å²) in [7, 11) is 0. The molecule has 0 bridgehead atoms. The molecule has 4 nitrogen and oxygen atoms in total. The van der Waals surface area contributed by atoms with Crippen molar-refractivity contribution in [2.75, 3.05) is 0 Å². The molecule has 360 valence electrons. The largest absolute Gasteiger partial charge is 0.0514 e. The van der Waals surface area contributed by atoms with Crippen LogP contribution in [0.1, 0.15) is 11.1 Å². The second-order valence-corrected chi connectivity index (χ2v) is 27.7. The molecule has 0 aliphatic rings. The predicted molar refractivity (Wildman–Crippen MR) is 320 cm³/mol. The Labute approximate surface area is 446 Å². The minimum atomic E-state index is -3.64. The summed E-state index contributed by atoms with van der Waals surface area (Å²) in [4.78, 5) is 16.1. The van der Waals surface area contributed by atoms with Gasteiger partial charge in [-0.05, 0) is 13.8 Å². The quantitative estimate of drug-likeness (QED) is 0.121. The van der Waals surface area contributed by atoms with Gasteiger partial charge in [0.2, 0.25) is 0 Å². The minimum absolute atomic E-state index is 0.588. The molecule has 0 unspecified atom stereocenters. The number of benzene rings is 11. The van der Waals surface area contributed by atoms with Gasteiger partial charge in [-0.1, -0.05) is 71.8 Å². The fraction of sp³-hybridized carbons (Fsp3) is 0.0282. The first-order valence-corrected chi connectivity index (χ1v) is 30.2. The van der Waals surface area contributed by atoms with Crippen molar-refractivity contribution in [2.24, 2.45) is 0 Å². The van der Waals surface area contributed by atoms with Gasteiger partial charge >= 0.3 is 364 Å². The summed E-state index contributed by atoms with van der Waals surface area (Å²) in [6, 6.07) is 102. The molecule has 2 heterocycles. The fourth-order valence-electron chi connectivity index (χ4n) is 11.3. The zero-order valence-electron chi connectivity index (χ0n) is 42.3. The molecule has 0 saturated heterocycles. The van der Waals surface area contributed by atoms with E-state index in [2.05, 4.69) is 261 Å². The van der Waals surface area contributed by atoms with Crippen molar-refractivity contribution < 1.29 is 0 Å². The van der Waals surface area contributed by atoms with Crippen LogP contribution in [-0.2, 0) is 0 Å². The molecule has 13 aromatic rings. The average Bonchev–Trinajstić information content (AvgIpc) is 3.95. The molecular weight excluding hydrogens is 981 g/mol. The van der Waals surface area contributed by atoms with Crippen LogP contribution < -0.4 is 17.6 Å². The number of rotatable bonds is 11. The maximum absolute atomic E-state index is 5.46. The van der Waals surface area contributed by atoms with E-state index in [0.29, 0.717) is 17.5 Å². The van der Waals surface area contributed by atoms with Crippen molar-refractivity contribution in [2.45, 2.75) is 13.8 Å². The van der Waals surface area contributed by atoms with Crippen LogP contribution in [0.2, 0.25) is 0 Å². The number of fused-ring (bicyclic) bond motifs is 3. The monoisotopic (exact) mass is 1030 g/mol. The SMILES string of the molecule is Cc1cccc(-c2ccc3c4ccc(-c5cccc(C)c5)cc4n(-c4ccc(-c5ccc[c]([Ge]([c]6ccccc6)([c]6ccccc6)[c]6ccccc6)c5)cc4-c4nc(-c5ccccc5)nc(-c5ccccc5)n4)c3c2)c1. The molecule has 0 spiro atoms. The first kappa shape index (κ1) is 46.6. The van der Waals surface area contributed by atoms with Crippen molar-refractivity contribution in [1.82, 2.24) is 19.5 Å². The van der Waals surface area contributed by atoms with E-state index >= 15 is 0 Å². The number of hydrogen-bond acceptors (Lipinski definition) is 3. The molecule has 0 aliphatic heterocycles. The Kier molecular flexibility index (Phi) is 12.2. The van der Waals surface area contributed by atoms with Crippen LogP contribution in [0.4, 0.5) is 0 Å². The van der Waals surface area contributed by atoms with Crippen LogP contribution in [0.15, 0.2) is 279 Å². The standard InChI is InChI=1S/C71H52GeN4/c1-49-21-18-27-53(43-49)57-37-40-63-64-41-38-58(54-28-19-22-50(2)44-54)48-68(64)76(67(63)47-57)66-42-39-56(46-65(66)71-74-69(51-23-8-3-9-24-51)73-70(75-71)52-25-10-4-11-26-52)55-29-20-36-62(45-55)72(59-30-12-5-13-31-59,60-32-14-6-15-33-60)61-34-16-7-17-35-61/h3-48H,1-2H3. The molecule has 0 N–H and O–H groups in total. The molecule has 0 saturated carbocycles. The first-order valence-electron chi connectivity index (χ1n) is 26.0. The van der Waals surface area contributed by atoms with Crippen molar-refractivity contribution in [3.63, 3.8) is 0 Å². The Balaban J connectivity index is 1.11. The number of nitrogens with zero attached hydrogens (tertiary/aromatic N) is 4. The summed E-state index contributed by atoms with van der Waals surface area (Å²) in [6.07, 6.45) is 0. The Bertz CT molecular complexity index is 3970. The van der Waals surface area contributed by atoms with Gasteiger partial charge in [0, 0.05) is 0 Å². The van der Waals surface area contributed by atoms with Crippen LogP contribution in [0.25, 0.3) is 95.0 Å². The smallest absolute Gasteiger partial charge is 0.0514 e. The van der Waals surface area contributed by atoms with E-state index in [1.807, 2.05) is 36.4 Å². The molecule has 0 radical (unpaired) electrons. The third-order valence-corrected chi connectivity index (χ3v) is 24.9. The van der Waals surface area contributed by atoms with Gasteiger partial charge in [0.15, 0.2) is 0 Å². The van der Waals surface area contributed by atoms with Crippen LogP contribution >= 0.6 is 0 Å². The van der Waals surface area contributed by atoms with Crippen molar-refractivity contribution in [1.29, 1.82) is 0 Å². The fourth-order valence-corrected chi connectivity index (χ4v) is 21.4. The summed E-state index contributed by atoms with van der Waals surface area (Å²) in [5.41, 5.74) is 15.2. The Morgan fingerprint density at radius 1 is 0.276 bits per heavy atom. The Hall–Kier alpha value is -9.23.